The Balaban J connectivity index is 2.40. The SMILES string of the molecule is CCCNC(=O)CNC(=O)COC(=O)c1cccc(OC(F)F)c1. The van der Waals surface area contributed by atoms with Gasteiger partial charge in [0, 0.05) is 6.54 Å². The van der Waals surface area contributed by atoms with Crippen molar-refractivity contribution in [3.05, 3.63) is 29.8 Å². The molecule has 0 atom stereocenters. The zero-order chi connectivity index (χ0) is 17.9. The summed E-state index contributed by atoms with van der Waals surface area (Å²) < 4.78 is 33.1. The van der Waals surface area contributed by atoms with Crippen molar-refractivity contribution in [2.75, 3.05) is 19.7 Å². The summed E-state index contributed by atoms with van der Waals surface area (Å²) in [7, 11) is 0. The van der Waals surface area contributed by atoms with E-state index >= 15 is 0 Å². The molecule has 1 rings (SSSR count). The van der Waals surface area contributed by atoms with Crippen molar-refractivity contribution in [2.45, 2.75) is 20.0 Å². The maximum atomic E-state index is 12.1. The summed E-state index contributed by atoms with van der Waals surface area (Å²) >= 11 is 0. The zero-order valence-electron chi connectivity index (χ0n) is 13.0. The zero-order valence-corrected chi connectivity index (χ0v) is 13.0. The lowest BCUT2D eigenvalue weighted by molar-refractivity contribution is -0.127. The van der Waals surface area contributed by atoms with Crippen LogP contribution >= 0.6 is 0 Å². The second kappa shape index (κ2) is 10.1. The molecule has 132 valence electrons. The Morgan fingerprint density at radius 3 is 2.58 bits per heavy atom. The first-order valence-electron chi connectivity index (χ1n) is 7.17. The van der Waals surface area contributed by atoms with Gasteiger partial charge in [-0.1, -0.05) is 13.0 Å². The molecule has 0 spiro atoms. The fourth-order valence-corrected chi connectivity index (χ4v) is 1.57. The number of nitrogens with one attached hydrogen (secondary N) is 2. The normalized spacial score (nSPS) is 10.2. The first-order valence-corrected chi connectivity index (χ1v) is 7.17. The van der Waals surface area contributed by atoms with Gasteiger partial charge in [-0.3, -0.25) is 9.59 Å². The number of carbonyl (C=O) groups excluding carboxylic acids is 3. The number of esters is 1. The molecular weight excluding hydrogens is 326 g/mol. The van der Waals surface area contributed by atoms with Gasteiger partial charge in [-0.15, -0.1) is 0 Å². The number of halogens is 2. The van der Waals surface area contributed by atoms with Crippen LogP contribution in [0.1, 0.15) is 23.7 Å². The molecule has 24 heavy (non-hydrogen) atoms. The summed E-state index contributed by atoms with van der Waals surface area (Å²) in [6, 6.07) is 5.00. The van der Waals surface area contributed by atoms with Gasteiger partial charge in [-0.25, -0.2) is 4.79 Å². The van der Waals surface area contributed by atoms with E-state index in [2.05, 4.69) is 15.4 Å². The molecule has 2 N–H and O–H groups in total. The van der Waals surface area contributed by atoms with Crippen LogP contribution in [0, 0.1) is 0 Å². The Morgan fingerprint density at radius 1 is 1.17 bits per heavy atom. The number of amides is 2. The molecule has 0 aliphatic heterocycles. The van der Waals surface area contributed by atoms with E-state index in [-0.39, 0.29) is 23.8 Å². The predicted molar refractivity (Wildman–Crippen MR) is 79.7 cm³/mol. The molecule has 0 aliphatic carbocycles. The van der Waals surface area contributed by atoms with Gasteiger partial charge in [0.25, 0.3) is 5.91 Å². The highest BCUT2D eigenvalue weighted by Crippen LogP contribution is 2.16. The lowest BCUT2D eigenvalue weighted by Gasteiger charge is -2.08. The number of ether oxygens (including phenoxy) is 2. The standard InChI is InChI=1S/C15H18F2N2O5/c1-2-6-18-12(20)8-19-13(21)9-23-14(22)10-4-3-5-11(7-10)24-15(16)17/h3-5,7,15H,2,6,8-9H2,1H3,(H,18,20)(H,19,21). The second-order valence-electron chi connectivity index (χ2n) is 4.61. The predicted octanol–water partition coefficient (Wildman–Crippen LogP) is 1.09. The van der Waals surface area contributed by atoms with Crippen molar-refractivity contribution in [3.63, 3.8) is 0 Å². The van der Waals surface area contributed by atoms with E-state index in [0.29, 0.717) is 6.54 Å². The topological polar surface area (TPSA) is 93.7 Å². The minimum atomic E-state index is -3.01. The molecule has 1 aromatic carbocycles. The molecule has 1 aromatic rings. The smallest absolute Gasteiger partial charge is 0.387 e. The van der Waals surface area contributed by atoms with E-state index in [1.807, 2.05) is 6.92 Å². The lowest BCUT2D eigenvalue weighted by atomic mass is 10.2. The van der Waals surface area contributed by atoms with Gasteiger partial charge in [-0.2, -0.15) is 8.78 Å². The second-order valence-corrected chi connectivity index (χ2v) is 4.61. The third kappa shape index (κ3) is 7.52. The van der Waals surface area contributed by atoms with E-state index in [1.165, 1.54) is 18.2 Å². The van der Waals surface area contributed by atoms with Crippen LogP contribution in [-0.2, 0) is 14.3 Å². The number of hydrogen-bond donors (Lipinski definition) is 2. The van der Waals surface area contributed by atoms with E-state index in [0.717, 1.165) is 12.5 Å². The Morgan fingerprint density at radius 2 is 1.92 bits per heavy atom. The molecule has 9 heteroatoms. The Kier molecular flexibility index (Phi) is 8.17. The molecule has 2 amide bonds. The van der Waals surface area contributed by atoms with Gasteiger partial charge in [0.05, 0.1) is 12.1 Å². The highest BCUT2D eigenvalue weighted by atomic mass is 19.3. The highest BCUT2D eigenvalue weighted by Gasteiger charge is 2.13. The molecule has 0 radical (unpaired) electrons. The molecule has 0 saturated carbocycles. The monoisotopic (exact) mass is 344 g/mol. The number of rotatable bonds is 9. The van der Waals surface area contributed by atoms with Gasteiger partial charge >= 0.3 is 12.6 Å². The van der Waals surface area contributed by atoms with E-state index in [4.69, 9.17) is 4.74 Å². The van der Waals surface area contributed by atoms with Crippen molar-refractivity contribution in [3.8, 4) is 5.75 Å². The number of hydrogen-bond acceptors (Lipinski definition) is 5. The highest BCUT2D eigenvalue weighted by molar-refractivity contribution is 5.92. The van der Waals surface area contributed by atoms with E-state index in [1.54, 1.807) is 0 Å². The van der Waals surface area contributed by atoms with Crippen LogP contribution in [0.3, 0.4) is 0 Å². The summed E-state index contributed by atoms with van der Waals surface area (Å²) in [4.78, 5) is 34.5. The third-order valence-corrected chi connectivity index (χ3v) is 2.65. The van der Waals surface area contributed by atoms with Crippen LogP contribution in [0.25, 0.3) is 0 Å². The van der Waals surface area contributed by atoms with Gasteiger partial charge in [0.15, 0.2) is 6.61 Å². The summed E-state index contributed by atoms with van der Waals surface area (Å²) in [5.41, 5.74) is -0.0401. The van der Waals surface area contributed by atoms with Crippen molar-refractivity contribution < 1.29 is 32.6 Å². The molecule has 0 fully saturated rings. The average Bonchev–Trinajstić information content (AvgIpc) is 2.55. The summed E-state index contributed by atoms with van der Waals surface area (Å²) in [5, 5.41) is 4.85. The molecular formula is C15H18F2N2O5. The molecule has 0 bridgehead atoms. The number of benzene rings is 1. The van der Waals surface area contributed by atoms with E-state index < -0.39 is 25.1 Å². The minimum Gasteiger partial charge on any atom is -0.452 e. The Bertz CT molecular complexity index is 581. The van der Waals surface area contributed by atoms with Gasteiger partial charge in [0.2, 0.25) is 5.91 Å². The van der Waals surface area contributed by atoms with Crippen molar-refractivity contribution in [1.29, 1.82) is 0 Å². The fraction of sp³-hybridized carbons (Fsp3) is 0.400. The maximum Gasteiger partial charge on any atom is 0.387 e. The Labute approximate surface area is 137 Å². The van der Waals surface area contributed by atoms with Gasteiger partial charge < -0.3 is 20.1 Å². The maximum absolute atomic E-state index is 12.1. The van der Waals surface area contributed by atoms with Crippen LogP contribution in [0.2, 0.25) is 0 Å². The fourth-order valence-electron chi connectivity index (χ4n) is 1.57. The minimum absolute atomic E-state index is 0.0401. The number of carbonyl (C=O) groups is 3. The van der Waals surface area contributed by atoms with Gasteiger partial charge in [0.1, 0.15) is 5.75 Å². The van der Waals surface area contributed by atoms with E-state index in [9.17, 15) is 23.2 Å². The van der Waals surface area contributed by atoms with Crippen LogP contribution in [0.4, 0.5) is 8.78 Å². The van der Waals surface area contributed by atoms with Crippen molar-refractivity contribution >= 4 is 17.8 Å². The van der Waals surface area contributed by atoms with Crippen LogP contribution < -0.4 is 15.4 Å². The molecule has 0 aliphatic rings. The largest absolute Gasteiger partial charge is 0.452 e. The molecule has 0 aromatic heterocycles. The third-order valence-electron chi connectivity index (χ3n) is 2.65. The molecule has 7 nitrogen and oxygen atoms in total. The summed E-state index contributed by atoms with van der Waals surface area (Å²) in [6.07, 6.45) is 0.769. The number of alkyl halides is 2. The average molecular weight is 344 g/mol. The Hall–Kier alpha value is -2.71. The van der Waals surface area contributed by atoms with Crippen molar-refractivity contribution in [1.82, 2.24) is 10.6 Å². The first kappa shape index (κ1) is 19.3. The quantitative estimate of drug-likeness (QED) is 0.654. The van der Waals surface area contributed by atoms with Crippen LogP contribution in [0.15, 0.2) is 24.3 Å². The molecule has 0 unspecified atom stereocenters. The van der Waals surface area contributed by atoms with Crippen LogP contribution in [-0.4, -0.2) is 44.1 Å². The molecule has 0 heterocycles. The first-order chi connectivity index (χ1) is 11.4. The summed E-state index contributed by atoms with van der Waals surface area (Å²) in [5.74, 6) is -2.08. The lowest BCUT2D eigenvalue weighted by Crippen LogP contribution is -2.38. The van der Waals surface area contributed by atoms with Crippen LogP contribution in [0.5, 0.6) is 5.75 Å². The van der Waals surface area contributed by atoms with Gasteiger partial charge in [-0.05, 0) is 24.6 Å². The van der Waals surface area contributed by atoms with Crippen molar-refractivity contribution in [2.24, 2.45) is 0 Å². The molecule has 0 saturated heterocycles. The summed E-state index contributed by atoms with van der Waals surface area (Å²) in [6.45, 7) is -1.45.